The molecule has 2 aliphatic heterocycles. The Kier molecular flexibility index (Phi) is 11.5. The highest BCUT2D eigenvalue weighted by Crippen LogP contribution is 2.39. The molecule has 0 aliphatic carbocycles. The molecule has 2 fully saturated rings. The number of benzene rings is 3. The summed E-state index contributed by atoms with van der Waals surface area (Å²) < 4.78 is 32.9. The lowest BCUT2D eigenvalue weighted by Gasteiger charge is -2.43. The van der Waals surface area contributed by atoms with Crippen LogP contribution in [0.3, 0.4) is 0 Å². The molecule has 7 rings (SSSR count). The number of nitrogens with one attached hydrogen (secondary N) is 2. The predicted molar refractivity (Wildman–Crippen MR) is 223 cm³/mol. The summed E-state index contributed by atoms with van der Waals surface area (Å²) in [5, 5.41) is 6.85. The Bertz CT molecular complexity index is 2250. The number of anilines is 6. The smallest absolute Gasteiger partial charge is 0.232 e. The van der Waals surface area contributed by atoms with Gasteiger partial charge < -0.3 is 25.2 Å². The normalized spacial score (nSPS) is 16.1. The Morgan fingerprint density at radius 1 is 0.909 bits per heavy atom. The van der Waals surface area contributed by atoms with Crippen molar-refractivity contribution in [1.29, 1.82) is 0 Å². The van der Waals surface area contributed by atoms with Gasteiger partial charge >= 0.3 is 0 Å². The van der Waals surface area contributed by atoms with E-state index in [4.69, 9.17) is 14.7 Å². The highest BCUT2D eigenvalue weighted by molar-refractivity contribution is 7.92. The van der Waals surface area contributed by atoms with Gasteiger partial charge in [-0.15, -0.1) is 0 Å². The van der Waals surface area contributed by atoms with Crippen LogP contribution in [-0.4, -0.2) is 111 Å². The van der Waals surface area contributed by atoms with Gasteiger partial charge in [0.05, 0.1) is 30.3 Å². The summed E-state index contributed by atoms with van der Waals surface area (Å²) in [5.74, 6) is 1.51. The molecule has 2 aliphatic rings. The van der Waals surface area contributed by atoms with E-state index in [-0.39, 0.29) is 0 Å². The van der Waals surface area contributed by atoms with Gasteiger partial charge in [0, 0.05) is 88.3 Å². The number of piperidine rings is 1. The Hall–Kier alpha value is -5.31. The van der Waals surface area contributed by atoms with E-state index in [1.165, 1.54) is 22.6 Å². The molecular formula is C41H50N10O3S. The second-order valence-electron chi connectivity index (χ2n) is 14.2. The molecule has 0 atom stereocenters. The minimum Gasteiger partial charge on any atom is -0.494 e. The Morgan fingerprint density at radius 3 is 2.36 bits per heavy atom. The average Bonchev–Trinajstić information content (AvgIpc) is 3.20. The van der Waals surface area contributed by atoms with Crippen LogP contribution in [0, 0.1) is 0 Å². The summed E-state index contributed by atoms with van der Waals surface area (Å²) >= 11 is 0. The molecule has 0 saturated carbocycles. The molecule has 2 N–H and O–H groups in total. The maximum atomic E-state index is 12.9. The lowest BCUT2D eigenvalue weighted by atomic mass is 9.99. The average molecular weight is 763 g/mol. The van der Waals surface area contributed by atoms with Gasteiger partial charge in [0.1, 0.15) is 22.8 Å². The zero-order chi connectivity index (χ0) is 38.5. The summed E-state index contributed by atoms with van der Waals surface area (Å²) in [6.45, 7) is 8.77. The van der Waals surface area contributed by atoms with Crippen molar-refractivity contribution >= 4 is 67.7 Å². The number of ether oxygens (including phenoxy) is 1. The predicted octanol–water partition coefficient (Wildman–Crippen LogP) is 6.26. The van der Waals surface area contributed by atoms with Crippen LogP contribution in [0.5, 0.6) is 5.75 Å². The molecule has 3 aromatic carbocycles. The van der Waals surface area contributed by atoms with E-state index in [9.17, 15) is 8.42 Å². The third-order valence-electron chi connectivity index (χ3n) is 10.6. The largest absolute Gasteiger partial charge is 0.494 e. The molecule has 0 radical (unpaired) electrons. The highest BCUT2D eigenvalue weighted by Gasteiger charge is 2.28. The van der Waals surface area contributed by atoms with Gasteiger partial charge in [0.2, 0.25) is 16.0 Å². The molecule has 0 bridgehead atoms. The minimum atomic E-state index is -3.66. The number of hydrogen-bond acceptors (Lipinski definition) is 12. The van der Waals surface area contributed by atoms with Crippen molar-refractivity contribution in [3.63, 3.8) is 0 Å². The molecule has 13 nitrogen and oxygen atoms in total. The summed E-state index contributed by atoms with van der Waals surface area (Å²) in [7, 11) is 1.74. The fourth-order valence-electron chi connectivity index (χ4n) is 7.40. The van der Waals surface area contributed by atoms with Crippen molar-refractivity contribution in [1.82, 2.24) is 29.7 Å². The van der Waals surface area contributed by atoms with Crippen LogP contribution in [0.25, 0.3) is 23.2 Å². The fourth-order valence-corrected chi connectivity index (χ4v) is 7.91. The number of nitrogens with zero attached hydrogens (tertiary/aromatic N) is 8. The van der Waals surface area contributed by atoms with Crippen molar-refractivity contribution in [2.24, 2.45) is 0 Å². The van der Waals surface area contributed by atoms with Gasteiger partial charge in [-0.05, 0) is 61.7 Å². The van der Waals surface area contributed by atoms with Crippen LogP contribution in [0.2, 0.25) is 0 Å². The number of rotatable bonds is 12. The fraction of sp³-hybridized carbons (Fsp3) is 0.366. The molecule has 0 spiro atoms. The molecule has 2 saturated heterocycles. The van der Waals surface area contributed by atoms with Crippen LogP contribution in [-0.2, 0) is 16.4 Å². The van der Waals surface area contributed by atoms with Crippen molar-refractivity contribution in [2.75, 3.05) is 86.6 Å². The van der Waals surface area contributed by atoms with Crippen molar-refractivity contribution in [2.45, 2.75) is 32.2 Å². The van der Waals surface area contributed by atoms with E-state index in [1.807, 2.05) is 42.5 Å². The summed E-state index contributed by atoms with van der Waals surface area (Å²) in [6, 6.07) is 18.5. The number of aromatic nitrogens is 4. The molecule has 0 amide bonds. The van der Waals surface area contributed by atoms with E-state index in [0.29, 0.717) is 51.5 Å². The first-order valence-electron chi connectivity index (χ1n) is 18.8. The van der Waals surface area contributed by atoms with E-state index in [1.54, 1.807) is 37.8 Å². The first kappa shape index (κ1) is 38.0. The molecule has 55 heavy (non-hydrogen) atoms. The van der Waals surface area contributed by atoms with Gasteiger partial charge in [-0.1, -0.05) is 43.3 Å². The van der Waals surface area contributed by atoms with Crippen LogP contribution < -0.4 is 24.6 Å². The zero-order valence-electron chi connectivity index (χ0n) is 32.2. The van der Waals surface area contributed by atoms with Crippen molar-refractivity contribution in [3.8, 4) is 5.75 Å². The lowest BCUT2D eigenvalue weighted by molar-refractivity contribution is 0.0982. The number of piperazine rings is 1. The highest BCUT2D eigenvalue weighted by atomic mass is 32.2. The standard InChI is InChI=1S/C41H50N10O3S/c1-6-30-26-35(37(54-4)27-36(30)51-20-16-32(17-21-51)50-24-22-48(2)23-25-50)46-41-44-28-31(13-12-29-10-8-7-9-11-29)40(47-41)45-34-15-14-33-38(43-19-18-42-33)39(34)49(3)55(5,52)53/h7-15,18-19,26-28,32H,6,16-17,20-25H2,1-5H3,(H2,44,45,46,47)/b13-12+. The zero-order valence-corrected chi connectivity index (χ0v) is 33.1. The number of fused-ring (bicyclic) bond motifs is 1. The molecule has 5 aromatic rings. The van der Waals surface area contributed by atoms with Crippen molar-refractivity contribution in [3.05, 3.63) is 89.9 Å². The number of hydrogen-bond donors (Lipinski definition) is 2. The van der Waals surface area contributed by atoms with Crippen molar-refractivity contribution < 1.29 is 13.2 Å². The summed E-state index contributed by atoms with van der Waals surface area (Å²) in [5.41, 5.74) is 6.73. The topological polar surface area (TPSA) is 132 Å². The monoisotopic (exact) mass is 762 g/mol. The Balaban J connectivity index is 1.20. The van der Waals surface area contributed by atoms with Gasteiger partial charge in [0.25, 0.3) is 0 Å². The van der Waals surface area contributed by atoms with Crippen LogP contribution in [0.1, 0.15) is 36.5 Å². The first-order chi connectivity index (χ1) is 26.6. The Labute approximate surface area is 324 Å². The summed E-state index contributed by atoms with van der Waals surface area (Å²) in [4.78, 5) is 26.2. The van der Waals surface area contributed by atoms with E-state index in [2.05, 4.69) is 61.4 Å². The second-order valence-corrected chi connectivity index (χ2v) is 16.2. The van der Waals surface area contributed by atoms with Gasteiger partial charge in [-0.2, -0.15) is 4.98 Å². The third kappa shape index (κ3) is 8.66. The molecule has 0 unspecified atom stereocenters. The minimum absolute atomic E-state index is 0.346. The Morgan fingerprint density at radius 2 is 1.65 bits per heavy atom. The number of likely N-dealkylation sites (N-methyl/N-ethyl adjacent to an activating group) is 1. The quantitative estimate of drug-likeness (QED) is 0.149. The third-order valence-corrected chi connectivity index (χ3v) is 11.8. The van der Waals surface area contributed by atoms with Crippen LogP contribution in [0.15, 0.2) is 73.2 Å². The van der Waals surface area contributed by atoms with E-state index in [0.717, 1.165) is 76.0 Å². The molecule has 288 valence electrons. The van der Waals surface area contributed by atoms with Gasteiger partial charge in [0.15, 0.2) is 0 Å². The number of sulfonamides is 1. The second kappa shape index (κ2) is 16.6. The maximum Gasteiger partial charge on any atom is 0.232 e. The van der Waals surface area contributed by atoms with Crippen LogP contribution in [0.4, 0.5) is 34.5 Å². The molecule has 4 heterocycles. The number of methoxy groups -OCH3 is 1. The van der Waals surface area contributed by atoms with Crippen LogP contribution >= 0.6 is 0 Å². The number of aryl methyl sites for hydroxylation is 1. The molecule has 2 aromatic heterocycles. The van der Waals surface area contributed by atoms with E-state index < -0.39 is 10.0 Å². The SMILES string of the molecule is CCc1cc(Nc2ncc(/C=C/c3ccccc3)c(Nc3ccc4nccnc4c3N(C)S(C)(=O)=O)n2)c(OC)cc1N1CCC(N2CCN(C)CC2)CC1. The van der Waals surface area contributed by atoms with Gasteiger partial charge in [-0.25, -0.2) is 13.4 Å². The molecular weight excluding hydrogens is 713 g/mol. The first-order valence-corrected chi connectivity index (χ1v) is 20.7. The van der Waals surface area contributed by atoms with Gasteiger partial charge in [-0.3, -0.25) is 19.2 Å². The summed E-state index contributed by atoms with van der Waals surface area (Å²) in [6.07, 6.45) is 13.1. The lowest BCUT2D eigenvalue weighted by Crippen LogP contribution is -2.52. The molecule has 14 heteroatoms. The maximum absolute atomic E-state index is 12.9. The van der Waals surface area contributed by atoms with E-state index >= 15 is 0 Å².